The van der Waals surface area contributed by atoms with Crippen LogP contribution in [0.5, 0.6) is 0 Å². The lowest BCUT2D eigenvalue weighted by atomic mass is 9.95. The maximum Gasteiger partial charge on any atom is 0.408 e. The van der Waals surface area contributed by atoms with Crippen molar-refractivity contribution in [1.82, 2.24) is 24.7 Å². The maximum atomic E-state index is 12.7. The van der Waals surface area contributed by atoms with E-state index in [2.05, 4.69) is 69.1 Å². The first-order valence-corrected chi connectivity index (χ1v) is 15.9. The van der Waals surface area contributed by atoms with Crippen LogP contribution in [0.15, 0.2) is 60.7 Å². The summed E-state index contributed by atoms with van der Waals surface area (Å²) in [7, 11) is 0. The fourth-order valence-corrected chi connectivity index (χ4v) is 7.59. The van der Waals surface area contributed by atoms with Crippen molar-refractivity contribution in [2.24, 2.45) is 0 Å². The number of benzene rings is 2. The number of nitrogens with one attached hydrogen (secondary N) is 1. The second kappa shape index (κ2) is 12.2. The largest absolute Gasteiger partial charge is 0.444 e. The Hall–Kier alpha value is -3.16. The second-order valence-electron chi connectivity index (χ2n) is 13.5. The normalized spacial score (nSPS) is 23.4. The lowest BCUT2D eigenvalue weighted by Gasteiger charge is -2.41. The molecule has 7 nitrogen and oxygen atoms in total. The van der Waals surface area contributed by atoms with Gasteiger partial charge in [0, 0.05) is 50.7 Å². The van der Waals surface area contributed by atoms with Crippen molar-refractivity contribution >= 4 is 6.09 Å². The number of fused-ring (bicyclic) bond motifs is 3. The van der Waals surface area contributed by atoms with Crippen LogP contribution in [0.2, 0.25) is 0 Å². The molecule has 2 fully saturated rings. The van der Waals surface area contributed by atoms with Gasteiger partial charge in [-0.05, 0) is 70.9 Å². The number of piperidine rings is 1. The molecule has 3 aromatic rings. The highest BCUT2D eigenvalue weighted by molar-refractivity contribution is 5.68. The molecule has 224 valence electrons. The summed E-state index contributed by atoms with van der Waals surface area (Å²) in [6, 6.07) is 22.8. The minimum absolute atomic E-state index is 0.0725. The number of aromatic nitrogens is 2. The molecule has 1 aromatic heterocycles. The van der Waals surface area contributed by atoms with E-state index in [1.54, 1.807) is 0 Å². The molecule has 3 aliphatic heterocycles. The molecule has 0 radical (unpaired) electrons. The standard InChI is InChI=1S/C35H47N5O2/c1-25-36-32-17-19-38(23-26-11-7-5-8-12-26)24-33(32)40(25)30-21-28-15-16-29(22-30)39(28)20-18-31(27-13-9-6-10-14-27)37-34(41)42-35(2,3)4/h5-14,28-31H,15-24H2,1-4H3,(H,37,41)/t28-,29+,30?,31-/m0/s1. The van der Waals surface area contributed by atoms with Crippen molar-refractivity contribution in [2.45, 2.75) is 109 Å². The Labute approximate surface area is 251 Å². The van der Waals surface area contributed by atoms with Gasteiger partial charge < -0.3 is 14.6 Å². The van der Waals surface area contributed by atoms with Crippen LogP contribution in [-0.4, -0.2) is 56.2 Å². The van der Waals surface area contributed by atoms with Crippen LogP contribution in [0.4, 0.5) is 4.79 Å². The van der Waals surface area contributed by atoms with Crippen LogP contribution in [0.3, 0.4) is 0 Å². The number of ether oxygens (including phenoxy) is 1. The smallest absolute Gasteiger partial charge is 0.408 e. The summed E-state index contributed by atoms with van der Waals surface area (Å²) in [5.74, 6) is 1.19. The van der Waals surface area contributed by atoms with E-state index in [0.717, 1.165) is 44.6 Å². The molecule has 7 heteroatoms. The number of nitrogens with zero attached hydrogens (tertiary/aromatic N) is 4. The number of aryl methyl sites for hydroxylation is 1. The molecule has 42 heavy (non-hydrogen) atoms. The number of alkyl carbamates (subject to hydrolysis) is 1. The molecule has 6 rings (SSSR count). The molecule has 0 aliphatic carbocycles. The summed E-state index contributed by atoms with van der Waals surface area (Å²) < 4.78 is 8.23. The Bertz CT molecular complexity index is 1330. The molecule has 4 heterocycles. The van der Waals surface area contributed by atoms with E-state index in [9.17, 15) is 4.79 Å². The number of amides is 1. The van der Waals surface area contributed by atoms with E-state index in [-0.39, 0.29) is 12.1 Å². The van der Waals surface area contributed by atoms with Gasteiger partial charge in [0.15, 0.2) is 0 Å². The molecule has 4 atom stereocenters. The first kappa shape index (κ1) is 28.9. The van der Waals surface area contributed by atoms with E-state index in [1.807, 2.05) is 39.0 Å². The van der Waals surface area contributed by atoms with Gasteiger partial charge in [0.1, 0.15) is 11.4 Å². The topological polar surface area (TPSA) is 62.6 Å². The fraction of sp³-hybridized carbons (Fsp3) is 0.543. The van der Waals surface area contributed by atoms with E-state index < -0.39 is 5.60 Å². The van der Waals surface area contributed by atoms with Crippen molar-refractivity contribution in [3.05, 3.63) is 89.0 Å². The number of carbonyl (C=O) groups is 1. The molecule has 2 saturated heterocycles. The van der Waals surface area contributed by atoms with Gasteiger partial charge in [-0.3, -0.25) is 9.80 Å². The van der Waals surface area contributed by atoms with Crippen molar-refractivity contribution in [2.75, 3.05) is 13.1 Å². The predicted octanol–water partition coefficient (Wildman–Crippen LogP) is 6.57. The van der Waals surface area contributed by atoms with Crippen LogP contribution >= 0.6 is 0 Å². The number of rotatable bonds is 8. The van der Waals surface area contributed by atoms with Gasteiger partial charge in [0.05, 0.1) is 17.4 Å². The highest BCUT2D eigenvalue weighted by Gasteiger charge is 2.42. The summed E-state index contributed by atoms with van der Waals surface area (Å²) in [4.78, 5) is 23.1. The van der Waals surface area contributed by atoms with Crippen molar-refractivity contribution in [1.29, 1.82) is 0 Å². The zero-order valence-electron chi connectivity index (χ0n) is 25.8. The van der Waals surface area contributed by atoms with Gasteiger partial charge in [-0.2, -0.15) is 0 Å². The molecule has 0 spiro atoms. The Morgan fingerprint density at radius 1 is 1.00 bits per heavy atom. The van der Waals surface area contributed by atoms with Crippen LogP contribution in [0.1, 0.15) is 93.3 Å². The minimum Gasteiger partial charge on any atom is -0.444 e. The van der Waals surface area contributed by atoms with Crippen LogP contribution < -0.4 is 5.32 Å². The average molecular weight is 570 g/mol. The highest BCUT2D eigenvalue weighted by atomic mass is 16.6. The van der Waals surface area contributed by atoms with E-state index in [4.69, 9.17) is 9.72 Å². The highest BCUT2D eigenvalue weighted by Crippen LogP contribution is 2.43. The predicted molar refractivity (Wildman–Crippen MR) is 166 cm³/mol. The fourth-order valence-electron chi connectivity index (χ4n) is 7.59. The lowest BCUT2D eigenvalue weighted by Crippen LogP contribution is -2.45. The van der Waals surface area contributed by atoms with E-state index in [1.165, 1.54) is 48.5 Å². The first-order valence-electron chi connectivity index (χ1n) is 15.9. The Morgan fingerprint density at radius 2 is 1.67 bits per heavy atom. The summed E-state index contributed by atoms with van der Waals surface area (Å²) in [5.41, 5.74) is 4.75. The third-order valence-corrected chi connectivity index (χ3v) is 9.35. The van der Waals surface area contributed by atoms with Gasteiger partial charge in [-0.15, -0.1) is 0 Å². The van der Waals surface area contributed by atoms with Gasteiger partial charge in [-0.1, -0.05) is 60.7 Å². The molecule has 1 unspecified atom stereocenters. The van der Waals surface area contributed by atoms with Crippen molar-refractivity contribution in [3.8, 4) is 0 Å². The van der Waals surface area contributed by atoms with Gasteiger partial charge >= 0.3 is 6.09 Å². The maximum absolute atomic E-state index is 12.7. The number of hydrogen-bond acceptors (Lipinski definition) is 5. The number of imidazole rings is 1. The van der Waals surface area contributed by atoms with Crippen molar-refractivity contribution < 1.29 is 9.53 Å². The Kier molecular flexibility index (Phi) is 8.42. The number of carbonyl (C=O) groups excluding carboxylic acids is 1. The lowest BCUT2D eigenvalue weighted by molar-refractivity contribution is 0.0488. The summed E-state index contributed by atoms with van der Waals surface area (Å²) in [6.45, 7) is 12.0. The van der Waals surface area contributed by atoms with Gasteiger partial charge in [0.2, 0.25) is 0 Å². The Morgan fingerprint density at radius 3 is 2.33 bits per heavy atom. The zero-order valence-corrected chi connectivity index (χ0v) is 25.8. The molecule has 3 aliphatic rings. The average Bonchev–Trinajstić information content (AvgIpc) is 3.41. The van der Waals surface area contributed by atoms with Crippen LogP contribution in [0.25, 0.3) is 0 Å². The van der Waals surface area contributed by atoms with Crippen LogP contribution in [-0.2, 0) is 24.2 Å². The zero-order chi connectivity index (χ0) is 29.3. The second-order valence-corrected chi connectivity index (χ2v) is 13.5. The summed E-state index contributed by atoms with van der Waals surface area (Å²) in [5, 5.41) is 3.17. The molecule has 1 N–H and O–H groups in total. The van der Waals surface area contributed by atoms with Gasteiger partial charge in [-0.25, -0.2) is 9.78 Å². The monoisotopic (exact) mass is 569 g/mol. The first-order chi connectivity index (χ1) is 20.2. The molecular weight excluding hydrogens is 522 g/mol. The third-order valence-electron chi connectivity index (χ3n) is 9.35. The quantitative estimate of drug-likeness (QED) is 0.332. The molecular formula is C35H47N5O2. The van der Waals surface area contributed by atoms with E-state index in [0.29, 0.717) is 18.1 Å². The molecule has 0 saturated carbocycles. The van der Waals surface area contributed by atoms with Crippen LogP contribution in [0, 0.1) is 6.92 Å². The minimum atomic E-state index is -0.518. The molecule has 1 amide bonds. The molecule has 2 bridgehead atoms. The number of hydrogen-bond donors (Lipinski definition) is 1. The summed E-state index contributed by atoms with van der Waals surface area (Å²) in [6.07, 6.45) is 6.42. The third kappa shape index (κ3) is 6.57. The van der Waals surface area contributed by atoms with Gasteiger partial charge in [0.25, 0.3) is 0 Å². The molecule has 2 aromatic carbocycles. The van der Waals surface area contributed by atoms with E-state index >= 15 is 0 Å². The Balaban J connectivity index is 1.12. The van der Waals surface area contributed by atoms with Crippen molar-refractivity contribution in [3.63, 3.8) is 0 Å². The SMILES string of the molecule is Cc1nc2c(n1C1C[C@H]3CC[C@@H](C1)N3CC[C@H](NC(=O)OC(C)(C)C)c1ccccc1)CN(Cc1ccccc1)CC2. The summed E-state index contributed by atoms with van der Waals surface area (Å²) >= 11 is 0.